The molecule has 34 heavy (non-hydrogen) atoms. The van der Waals surface area contributed by atoms with Crippen molar-refractivity contribution in [3.8, 4) is 0 Å². The number of esters is 2. The van der Waals surface area contributed by atoms with E-state index in [1.54, 1.807) is 23.5 Å². The minimum atomic E-state index is -0.486. The van der Waals surface area contributed by atoms with Crippen molar-refractivity contribution < 1.29 is 19.1 Å². The number of carbonyl (C=O) groups is 2. The molecular weight excluding hydrogens is 468 g/mol. The smallest absolute Gasteiger partial charge is 0.338 e. The summed E-state index contributed by atoms with van der Waals surface area (Å²) in [4.78, 5) is 26.8. The minimum absolute atomic E-state index is 0.112. The maximum Gasteiger partial charge on any atom is 0.338 e. The molecule has 6 nitrogen and oxygen atoms in total. The first-order valence-electron chi connectivity index (χ1n) is 10.8. The standard InChI is InChI=1S/C26H28N2O4S2/c27-21(17-33-23-7-3-1-4-8-23)15-31-25(29)19-11-13-20(14-12-19)26(30)32-16-22(28)18-34-24-9-5-2-6-10-24/h1-14,21-22H,15-18,27-28H2. The second-order valence-corrected chi connectivity index (χ2v) is 9.73. The largest absolute Gasteiger partial charge is 0.460 e. The summed E-state index contributed by atoms with van der Waals surface area (Å²) in [7, 11) is 0. The molecule has 0 aliphatic rings. The number of benzene rings is 3. The van der Waals surface area contributed by atoms with E-state index in [0.29, 0.717) is 22.6 Å². The van der Waals surface area contributed by atoms with Crippen molar-refractivity contribution in [1.29, 1.82) is 0 Å². The highest BCUT2D eigenvalue weighted by molar-refractivity contribution is 7.99. The van der Waals surface area contributed by atoms with Gasteiger partial charge in [-0.05, 0) is 48.5 Å². The predicted molar refractivity (Wildman–Crippen MR) is 137 cm³/mol. The van der Waals surface area contributed by atoms with E-state index in [4.69, 9.17) is 20.9 Å². The average Bonchev–Trinajstić information content (AvgIpc) is 2.89. The Kier molecular flexibility index (Phi) is 10.5. The fourth-order valence-corrected chi connectivity index (χ4v) is 4.52. The first-order valence-corrected chi connectivity index (χ1v) is 12.8. The Bertz CT molecular complexity index is 949. The molecule has 0 aliphatic heterocycles. The molecule has 0 bridgehead atoms. The molecule has 0 aliphatic carbocycles. The van der Waals surface area contributed by atoms with Gasteiger partial charge in [0.1, 0.15) is 13.2 Å². The second-order valence-electron chi connectivity index (χ2n) is 7.54. The Morgan fingerprint density at radius 2 is 0.971 bits per heavy atom. The van der Waals surface area contributed by atoms with Gasteiger partial charge in [0.05, 0.1) is 11.1 Å². The van der Waals surface area contributed by atoms with Crippen LogP contribution < -0.4 is 11.5 Å². The first-order chi connectivity index (χ1) is 16.5. The Labute approximate surface area is 208 Å². The van der Waals surface area contributed by atoms with Crippen LogP contribution in [-0.2, 0) is 9.47 Å². The van der Waals surface area contributed by atoms with Gasteiger partial charge < -0.3 is 20.9 Å². The Morgan fingerprint density at radius 1 is 0.618 bits per heavy atom. The number of hydrogen-bond donors (Lipinski definition) is 2. The van der Waals surface area contributed by atoms with Crippen LogP contribution in [0.5, 0.6) is 0 Å². The molecule has 0 saturated carbocycles. The summed E-state index contributed by atoms with van der Waals surface area (Å²) in [5, 5.41) is 0. The van der Waals surface area contributed by atoms with E-state index in [2.05, 4.69) is 0 Å². The number of carbonyl (C=O) groups excluding carboxylic acids is 2. The number of rotatable bonds is 12. The van der Waals surface area contributed by atoms with Crippen molar-refractivity contribution in [2.45, 2.75) is 21.9 Å². The normalized spacial score (nSPS) is 12.5. The highest BCUT2D eigenvalue weighted by Gasteiger charge is 2.14. The van der Waals surface area contributed by atoms with Gasteiger partial charge in [0.2, 0.25) is 0 Å². The van der Waals surface area contributed by atoms with Crippen molar-refractivity contribution in [2.75, 3.05) is 24.7 Å². The number of thioether (sulfide) groups is 2. The van der Waals surface area contributed by atoms with Gasteiger partial charge in [-0.1, -0.05) is 36.4 Å². The van der Waals surface area contributed by atoms with Gasteiger partial charge in [-0.25, -0.2) is 9.59 Å². The molecule has 3 aromatic rings. The summed E-state index contributed by atoms with van der Waals surface area (Å²) in [6.45, 7) is 0.225. The van der Waals surface area contributed by atoms with E-state index in [9.17, 15) is 9.59 Å². The molecule has 0 aromatic heterocycles. The van der Waals surface area contributed by atoms with Crippen LogP contribution >= 0.6 is 23.5 Å². The second kappa shape index (κ2) is 13.8. The summed E-state index contributed by atoms with van der Waals surface area (Å²) >= 11 is 3.22. The molecule has 0 amide bonds. The number of ether oxygens (including phenoxy) is 2. The van der Waals surface area contributed by atoms with Crippen LogP contribution in [0.1, 0.15) is 20.7 Å². The molecule has 0 saturated heterocycles. The summed E-state index contributed by atoms with van der Waals surface area (Å²) in [5.74, 6) is 0.294. The molecule has 178 valence electrons. The summed E-state index contributed by atoms with van der Waals surface area (Å²) in [5.41, 5.74) is 12.8. The van der Waals surface area contributed by atoms with E-state index in [1.165, 1.54) is 24.3 Å². The monoisotopic (exact) mass is 496 g/mol. The zero-order chi connectivity index (χ0) is 24.2. The quantitative estimate of drug-likeness (QED) is 0.283. The highest BCUT2D eigenvalue weighted by Crippen LogP contribution is 2.18. The van der Waals surface area contributed by atoms with Gasteiger partial charge in [-0.15, -0.1) is 23.5 Å². The molecule has 0 spiro atoms. The van der Waals surface area contributed by atoms with E-state index in [0.717, 1.165) is 9.79 Å². The van der Waals surface area contributed by atoms with Crippen LogP contribution in [-0.4, -0.2) is 48.7 Å². The van der Waals surface area contributed by atoms with Crippen LogP contribution in [0.3, 0.4) is 0 Å². The number of nitrogens with two attached hydrogens (primary N) is 2. The maximum absolute atomic E-state index is 12.3. The maximum atomic E-state index is 12.3. The molecule has 0 radical (unpaired) electrons. The van der Waals surface area contributed by atoms with Gasteiger partial charge in [0.15, 0.2) is 0 Å². The predicted octanol–water partition coefficient (Wildman–Crippen LogP) is 4.24. The molecule has 8 heteroatoms. The minimum Gasteiger partial charge on any atom is -0.460 e. The van der Waals surface area contributed by atoms with Crippen molar-refractivity contribution in [2.24, 2.45) is 11.5 Å². The SMILES string of the molecule is NC(COC(=O)c1ccc(C(=O)OCC(N)CSc2ccccc2)cc1)CSc1ccccc1. The fraction of sp³-hybridized carbons (Fsp3) is 0.231. The highest BCUT2D eigenvalue weighted by atomic mass is 32.2. The van der Waals surface area contributed by atoms with Crippen LogP contribution in [0.2, 0.25) is 0 Å². The van der Waals surface area contributed by atoms with Crippen molar-refractivity contribution in [3.63, 3.8) is 0 Å². The summed E-state index contributed by atoms with van der Waals surface area (Å²) in [6.07, 6.45) is 0. The number of hydrogen-bond acceptors (Lipinski definition) is 8. The molecule has 2 atom stereocenters. The molecule has 3 rings (SSSR count). The van der Waals surface area contributed by atoms with Gasteiger partial charge >= 0.3 is 11.9 Å². The molecule has 0 fully saturated rings. The fourth-order valence-electron chi connectivity index (χ4n) is 2.81. The van der Waals surface area contributed by atoms with Crippen molar-refractivity contribution in [3.05, 3.63) is 96.1 Å². The zero-order valence-corrected chi connectivity index (χ0v) is 20.3. The van der Waals surface area contributed by atoms with E-state index in [1.807, 2.05) is 60.7 Å². The summed E-state index contributed by atoms with van der Waals surface area (Å²) in [6, 6.07) is 25.4. The lowest BCUT2D eigenvalue weighted by Gasteiger charge is -2.13. The van der Waals surface area contributed by atoms with Gasteiger partial charge in [0, 0.05) is 33.4 Å². The third-order valence-corrected chi connectivity index (χ3v) is 7.03. The van der Waals surface area contributed by atoms with Crippen LogP contribution in [0.25, 0.3) is 0 Å². The van der Waals surface area contributed by atoms with Crippen LogP contribution in [0.4, 0.5) is 0 Å². The third kappa shape index (κ3) is 8.87. The molecule has 3 aromatic carbocycles. The lowest BCUT2D eigenvalue weighted by Crippen LogP contribution is -2.30. The van der Waals surface area contributed by atoms with Gasteiger partial charge in [-0.3, -0.25) is 0 Å². The Hall–Kier alpha value is -2.78. The van der Waals surface area contributed by atoms with E-state index in [-0.39, 0.29) is 25.3 Å². The third-order valence-electron chi connectivity index (χ3n) is 4.63. The Morgan fingerprint density at radius 3 is 1.32 bits per heavy atom. The molecule has 0 heterocycles. The van der Waals surface area contributed by atoms with Crippen LogP contribution in [0, 0.1) is 0 Å². The van der Waals surface area contributed by atoms with Crippen LogP contribution in [0.15, 0.2) is 94.7 Å². The molecular formula is C26H28N2O4S2. The van der Waals surface area contributed by atoms with Crippen molar-refractivity contribution in [1.82, 2.24) is 0 Å². The van der Waals surface area contributed by atoms with Gasteiger partial charge in [-0.2, -0.15) is 0 Å². The Balaban J connectivity index is 1.37. The summed E-state index contributed by atoms with van der Waals surface area (Å²) < 4.78 is 10.6. The van der Waals surface area contributed by atoms with Gasteiger partial charge in [0.25, 0.3) is 0 Å². The lowest BCUT2D eigenvalue weighted by molar-refractivity contribution is 0.0475. The van der Waals surface area contributed by atoms with E-state index >= 15 is 0 Å². The lowest BCUT2D eigenvalue weighted by atomic mass is 10.1. The molecule has 4 N–H and O–H groups in total. The zero-order valence-electron chi connectivity index (χ0n) is 18.7. The topological polar surface area (TPSA) is 105 Å². The van der Waals surface area contributed by atoms with E-state index < -0.39 is 11.9 Å². The average molecular weight is 497 g/mol. The first kappa shape index (κ1) is 25.8. The molecule has 2 unspecified atom stereocenters. The van der Waals surface area contributed by atoms with Crippen molar-refractivity contribution >= 4 is 35.5 Å².